The van der Waals surface area contributed by atoms with Gasteiger partial charge >= 0.3 is 6.36 Å². The van der Waals surface area contributed by atoms with E-state index >= 15 is 0 Å². The molecule has 1 aliphatic carbocycles. The van der Waals surface area contributed by atoms with Gasteiger partial charge < -0.3 is 4.74 Å². The van der Waals surface area contributed by atoms with Crippen LogP contribution < -0.4 is 4.74 Å². The Balaban J connectivity index is 1.88. The summed E-state index contributed by atoms with van der Waals surface area (Å²) in [5, 5.41) is 0. The van der Waals surface area contributed by atoms with E-state index in [0.717, 1.165) is 12.0 Å². The molecule has 0 spiro atoms. The molecule has 118 valence electrons. The van der Waals surface area contributed by atoms with Crippen molar-refractivity contribution in [1.29, 1.82) is 0 Å². The highest BCUT2D eigenvalue weighted by Gasteiger charge is 2.31. The lowest BCUT2D eigenvalue weighted by atomic mass is 9.86. The lowest BCUT2D eigenvalue weighted by Crippen LogP contribution is -2.17. The summed E-state index contributed by atoms with van der Waals surface area (Å²) in [5.41, 5.74) is 2.76. The van der Waals surface area contributed by atoms with Gasteiger partial charge in [-0.15, -0.1) is 13.2 Å². The monoisotopic (exact) mass is 318 g/mol. The number of Topliss-reactive ketones (excluding diaryl/α,β-unsaturated/α-hetero) is 1. The average molecular weight is 318 g/mol. The van der Waals surface area contributed by atoms with Gasteiger partial charge in [-0.3, -0.25) is 4.79 Å². The maximum atomic E-state index is 12.5. The minimum absolute atomic E-state index is 0.0750. The van der Waals surface area contributed by atoms with Gasteiger partial charge in [0, 0.05) is 11.1 Å². The normalized spacial score (nSPS) is 16.3. The van der Waals surface area contributed by atoms with Gasteiger partial charge in [0.1, 0.15) is 5.75 Å². The van der Waals surface area contributed by atoms with Gasteiger partial charge in [-0.1, -0.05) is 36.4 Å². The number of carbonyl (C=O) groups is 1. The van der Waals surface area contributed by atoms with Crippen molar-refractivity contribution in [2.24, 2.45) is 0 Å². The maximum Gasteiger partial charge on any atom is 0.573 e. The summed E-state index contributed by atoms with van der Waals surface area (Å²) < 4.78 is 40.7. The molecule has 0 N–H and O–H groups in total. The van der Waals surface area contributed by atoms with Crippen LogP contribution in [0.5, 0.6) is 5.75 Å². The van der Waals surface area contributed by atoms with E-state index in [1.807, 2.05) is 12.1 Å². The summed E-state index contributed by atoms with van der Waals surface area (Å²) in [5.74, 6) is -0.371. The maximum absolute atomic E-state index is 12.5. The molecule has 0 saturated carbocycles. The van der Waals surface area contributed by atoms with Crippen LogP contribution in [0.1, 0.15) is 27.9 Å². The number of aryl methyl sites for hydroxylation is 1. The highest BCUT2D eigenvalue weighted by atomic mass is 19.4. The van der Waals surface area contributed by atoms with Crippen molar-refractivity contribution < 1.29 is 22.7 Å². The van der Waals surface area contributed by atoms with E-state index < -0.39 is 6.36 Å². The van der Waals surface area contributed by atoms with Crippen LogP contribution in [0.2, 0.25) is 0 Å². The zero-order valence-electron chi connectivity index (χ0n) is 12.1. The van der Waals surface area contributed by atoms with Crippen molar-refractivity contribution in [2.75, 3.05) is 0 Å². The predicted molar refractivity (Wildman–Crippen MR) is 80.2 cm³/mol. The third-order valence-electron chi connectivity index (χ3n) is 3.65. The number of hydrogen-bond donors (Lipinski definition) is 0. The minimum atomic E-state index is -4.73. The molecule has 23 heavy (non-hydrogen) atoms. The third-order valence-corrected chi connectivity index (χ3v) is 3.65. The molecular formula is C18H13F3O2. The van der Waals surface area contributed by atoms with Crippen LogP contribution in [0.25, 0.3) is 6.08 Å². The first-order valence-electron chi connectivity index (χ1n) is 7.11. The molecule has 5 heteroatoms. The molecule has 2 aromatic carbocycles. The Labute approximate surface area is 131 Å². The van der Waals surface area contributed by atoms with Gasteiger partial charge in [0.2, 0.25) is 0 Å². The number of fused-ring (bicyclic) bond motifs is 1. The predicted octanol–water partition coefficient (Wildman–Crippen LogP) is 4.80. The first-order chi connectivity index (χ1) is 10.9. The molecule has 0 amide bonds. The lowest BCUT2D eigenvalue weighted by Gasteiger charge is -2.17. The van der Waals surface area contributed by atoms with Crippen LogP contribution >= 0.6 is 0 Å². The quantitative estimate of drug-likeness (QED) is 0.744. The van der Waals surface area contributed by atoms with Crippen LogP contribution in [0.4, 0.5) is 13.2 Å². The van der Waals surface area contributed by atoms with E-state index in [9.17, 15) is 18.0 Å². The van der Waals surface area contributed by atoms with Crippen molar-refractivity contribution in [2.45, 2.75) is 19.2 Å². The number of carbonyl (C=O) groups excluding carboxylic acids is 1. The van der Waals surface area contributed by atoms with E-state index in [-0.39, 0.29) is 11.5 Å². The molecule has 2 nitrogen and oxygen atoms in total. The van der Waals surface area contributed by atoms with E-state index in [1.165, 1.54) is 18.2 Å². The third kappa shape index (κ3) is 3.62. The molecule has 0 radical (unpaired) electrons. The van der Waals surface area contributed by atoms with E-state index in [2.05, 4.69) is 4.74 Å². The Hall–Kier alpha value is -2.56. The van der Waals surface area contributed by atoms with Crippen molar-refractivity contribution in [3.8, 4) is 5.75 Å². The molecule has 1 aliphatic rings. The number of benzene rings is 2. The van der Waals surface area contributed by atoms with E-state index in [4.69, 9.17) is 0 Å². The van der Waals surface area contributed by atoms with E-state index in [1.54, 1.807) is 24.3 Å². The number of hydrogen-bond acceptors (Lipinski definition) is 2. The number of allylic oxidation sites excluding steroid dienone is 1. The summed E-state index contributed by atoms with van der Waals surface area (Å²) in [6.07, 6.45) is -1.79. The van der Waals surface area contributed by atoms with Crippen LogP contribution in [0.15, 0.2) is 54.1 Å². The Morgan fingerprint density at radius 3 is 2.57 bits per heavy atom. The summed E-state index contributed by atoms with van der Waals surface area (Å²) >= 11 is 0. The second kappa shape index (κ2) is 5.91. The van der Waals surface area contributed by atoms with Crippen LogP contribution in [0, 0.1) is 0 Å². The first-order valence-corrected chi connectivity index (χ1v) is 7.11. The molecule has 0 aromatic heterocycles. The molecule has 0 bridgehead atoms. The molecule has 0 fully saturated rings. The lowest BCUT2D eigenvalue weighted by molar-refractivity contribution is -0.274. The van der Waals surface area contributed by atoms with Crippen molar-refractivity contribution >= 4 is 11.9 Å². The Kier molecular flexibility index (Phi) is 3.94. The number of ketones is 1. The highest BCUT2D eigenvalue weighted by Crippen LogP contribution is 2.28. The minimum Gasteiger partial charge on any atom is -0.406 e. The standard InChI is InChI=1S/C18H13F3O2/c19-18(20,21)23-15-6-3-4-12(11-15)10-14-9-8-13-5-1-2-7-16(13)17(14)22/h1-7,10-11H,8-9H2/b14-10+. The smallest absolute Gasteiger partial charge is 0.406 e. The summed E-state index contributed by atoms with van der Waals surface area (Å²) in [6, 6.07) is 13.0. The number of halogens is 3. The molecule has 0 atom stereocenters. The molecule has 0 heterocycles. The van der Waals surface area contributed by atoms with E-state index in [0.29, 0.717) is 23.1 Å². The van der Waals surface area contributed by atoms with Gasteiger partial charge in [0.15, 0.2) is 5.78 Å². The van der Waals surface area contributed by atoms with Gasteiger partial charge in [-0.2, -0.15) is 0 Å². The molecule has 0 unspecified atom stereocenters. The number of alkyl halides is 3. The van der Waals surface area contributed by atoms with Crippen LogP contribution in [0.3, 0.4) is 0 Å². The van der Waals surface area contributed by atoms with Gasteiger partial charge in [0.25, 0.3) is 0 Å². The molecular weight excluding hydrogens is 305 g/mol. The summed E-state index contributed by atoms with van der Waals surface area (Å²) in [7, 11) is 0. The largest absolute Gasteiger partial charge is 0.573 e. The number of ether oxygens (including phenoxy) is 1. The van der Waals surface area contributed by atoms with Gasteiger partial charge in [0.05, 0.1) is 0 Å². The Morgan fingerprint density at radius 2 is 1.78 bits per heavy atom. The van der Waals surface area contributed by atoms with Crippen LogP contribution in [-0.2, 0) is 6.42 Å². The topological polar surface area (TPSA) is 26.3 Å². The SMILES string of the molecule is O=C1/C(=C/c2cccc(OC(F)(F)F)c2)CCc2ccccc21. The van der Waals surface area contributed by atoms with Gasteiger partial charge in [-0.05, 0) is 42.2 Å². The first kappa shape index (κ1) is 15.3. The molecule has 2 aromatic rings. The highest BCUT2D eigenvalue weighted by molar-refractivity contribution is 6.13. The molecule has 3 rings (SSSR count). The number of rotatable bonds is 2. The fraction of sp³-hybridized carbons (Fsp3) is 0.167. The van der Waals surface area contributed by atoms with Crippen molar-refractivity contribution in [3.63, 3.8) is 0 Å². The zero-order valence-corrected chi connectivity index (χ0v) is 12.1. The zero-order chi connectivity index (χ0) is 16.4. The van der Waals surface area contributed by atoms with Crippen molar-refractivity contribution in [1.82, 2.24) is 0 Å². The average Bonchev–Trinajstić information content (AvgIpc) is 2.49. The summed E-state index contributed by atoms with van der Waals surface area (Å²) in [4.78, 5) is 12.5. The second-order valence-corrected chi connectivity index (χ2v) is 5.28. The fourth-order valence-corrected chi connectivity index (χ4v) is 2.66. The van der Waals surface area contributed by atoms with Crippen LogP contribution in [-0.4, -0.2) is 12.1 Å². The summed E-state index contributed by atoms with van der Waals surface area (Å²) in [6.45, 7) is 0. The second-order valence-electron chi connectivity index (χ2n) is 5.28. The fourth-order valence-electron chi connectivity index (χ4n) is 2.66. The Bertz CT molecular complexity index is 776. The van der Waals surface area contributed by atoms with Crippen molar-refractivity contribution in [3.05, 3.63) is 70.8 Å². The van der Waals surface area contributed by atoms with Gasteiger partial charge in [-0.25, -0.2) is 0 Å². The molecule has 0 saturated heterocycles. The Morgan fingerprint density at radius 1 is 1.00 bits per heavy atom. The molecule has 0 aliphatic heterocycles.